The van der Waals surface area contributed by atoms with Crippen LogP contribution in [0.25, 0.3) is 0 Å². The van der Waals surface area contributed by atoms with Gasteiger partial charge in [-0.25, -0.2) is 13.4 Å². The normalized spacial score (nSPS) is 19.2. The first-order valence-corrected chi connectivity index (χ1v) is 13.8. The zero-order chi connectivity index (χ0) is 25.9. The van der Waals surface area contributed by atoms with Gasteiger partial charge in [0.05, 0.1) is 31.6 Å². The molecule has 13 heteroatoms. The Bertz CT molecular complexity index is 1210. The molecule has 0 radical (unpaired) electrons. The number of hydroxylamine groups is 2. The van der Waals surface area contributed by atoms with Crippen LogP contribution in [0.3, 0.4) is 0 Å². The third-order valence-electron chi connectivity index (χ3n) is 6.54. The number of amidine groups is 1. The van der Waals surface area contributed by atoms with Crippen LogP contribution in [0.5, 0.6) is 5.88 Å². The van der Waals surface area contributed by atoms with Crippen molar-refractivity contribution in [3.8, 4) is 5.88 Å². The summed E-state index contributed by atoms with van der Waals surface area (Å²) in [5, 5.41) is 17.5. The molecule has 1 saturated heterocycles. The number of likely N-dealkylation sites (N-methyl/N-ethyl adjacent to an activating group) is 1. The van der Waals surface area contributed by atoms with E-state index in [4.69, 9.17) is 14.5 Å². The van der Waals surface area contributed by atoms with Crippen molar-refractivity contribution in [3.05, 3.63) is 34.4 Å². The molecule has 0 aliphatic carbocycles. The molecular formula is C23H35N7O5S. The molecule has 0 amide bonds. The number of nitrogens with zero attached hydrogens (tertiary/aromatic N) is 6. The molecule has 0 spiro atoms. The fourth-order valence-corrected chi connectivity index (χ4v) is 5.95. The minimum absolute atomic E-state index is 0.0266. The molecule has 2 aliphatic rings. The molecule has 4 rings (SSSR count). The van der Waals surface area contributed by atoms with Crippen molar-refractivity contribution in [1.82, 2.24) is 24.0 Å². The van der Waals surface area contributed by atoms with Gasteiger partial charge in [0.2, 0.25) is 21.7 Å². The van der Waals surface area contributed by atoms with Gasteiger partial charge >= 0.3 is 0 Å². The first-order valence-electron chi connectivity index (χ1n) is 12.4. The Balaban J connectivity index is 1.75. The molecule has 4 heterocycles. The summed E-state index contributed by atoms with van der Waals surface area (Å²) < 4.78 is 41.1. The maximum Gasteiger partial charge on any atom is 0.244 e. The molecule has 0 aromatic carbocycles. The molecule has 12 nitrogen and oxygen atoms in total. The Labute approximate surface area is 212 Å². The molecule has 2 aliphatic heterocycles. The number of nitrogens with one attached hydrogen (secondary N) is 1. The van der Waals surface area contributed by atoms with Gasteiger partial charge in [0.15, 0.2) is 0 Å². The Hall–Kier alpha value is -2.42. The molecule has 1 unspecified atom stereocenters. The van der Waals surface area contributed by atoms with Crippen molar-refractivity contribution in [2.45, 2.75) is 45.2 Å². The monoisotopic (exact) mass is 521 g/mol. The van der Waals surface area contributed by atoms with Gasteiger partial charge < -0.3 is 24.6 Å². The number of rotatable bonds is 10. The van der Waals surface area contributed by atoms with Crippen LogP contribution in [0.1, 0.15) is 37.7 Å². The number of methoxy groups -OCH3 is 1. The van der Waals surface area contributed by atoms with Crippen LogP contribution in [0.2, 0.25) is 0 Å². The molecule has 1 N–H and O–H groups in total. The van der Waals surface area contributed by atoms with Gasteiger partial charge in [-0.15, -0.1) is 0 Å². The van der Waals surface area contributed by atoms with Crippen LogP contribution >= 0.6 is 0 Å². The number of ether oxygens (including phenoxy) is 2. The first-order chi connectivity index (χ1) is 17.3. The second-order valence-electron chi connectivity index (χ2n) is 8.67. The van der Waals surface area contributed by atoms with Crippen molar-refractivity contribution < 1.29 is 23.0 Å². The van der Waals surface area contributed by atoms with Crippen molar-refractivity contribution in [3.63, 3.8) is 0 Å². The number of quaternary nitrogens is 1. The van der Waals surface area contributed by atoms with Crippen LogP contribution in [0.4, 0.5) is 5.69 Å². The number of sulfonamides is 1. The number of hydrogen-bond acceptors (Lipinski definition) is 9. The Morgan fingerprint density at radius 2 is 1.92 bits per heavy atom. The van der Waals surface area contributed by atoms with E-state index in [2.05, 4.69) is 21.9 Å². The minimum Gasteiger partial charge on any atom is -0.627 e. The highest BCUT2D eigenvalue weighted by molar-refractivity contribution is 7.89. The summed E-state index contributed by atoms with van der Waals surface area (Å²) in [7, 11) is -2.16. The third-order valence-corrected chi connectivity index (χ3v) is 8.40. The smallest absolute Gasteiger partial charge is 0.244 e. The number of aliphatic imine (C=N–C) groups is 1. The standard InChI is InChI=1S/C23H35N7O5S/c1-5-20-21-19(26-29(20)12-13-34-4)16-30(31)22(25-21)18-14-17(15-24-23(18)35-7-3)36(32,33)28-10-8-27(6-2)9-11-28/h14-15,30H,5-13,16H2,1-4H3. The number of piperazine rings is 1. The van der Waals surface area contributed by atoms with E-state index in [1.54, 1.807) is 14.0 Å². The second kappa shape index (κ2) is 11.3. The number of aromatic nitrogens is 3. The van der Waals surface area contributed by atoms with E-state index in [1.165, 1.54) is 16.6 Å². The molecular weight excluding hydrogens is 486 g/mol. The Morgan fingerprint density at radius 1 is 1.17 bits per heavy atom. The summed E-state index contributed by atoms with van der Waals surface area (Å²) in [6, 6.07) is 1.47. The third kappa shape index (κ3) is 5.17. The SMILES string of the molecule is CCOc1ncc(S(=O)(=O)N2CCN(CC)CC2)cc1C1=Nc2c(nn(CCOC)c2CC)C[NH+]1[O-]. The lowest BCUT2D eigenvalue weighted by Crippen LogP contribution is -3.09. The van der Waals surface area contributed by atoms with E-state index in [1.807, 2.05) is 11.6 Å². The van der Waals surface area contributed by atoms with E-state index in [-0.39, 0.29) is 33.8 Å². The summed E-state index contributed by atoms with van der Waals surface area (Å²) in [4.78, 5) is 11.2. The summed E-state index contributed by atoms with van der Waals surface area (Å²) in [6.45, 7) is 10.3. The highest BCUT2D eigenvalue weighted by Gasteiger charge is 2.33. The van der Waals surface area contributed by atoms with E-state index in [9.17, 15) is 13.6 Å². The largest absolute Gasteiger partial charge is 0.627 e. The fraction of sp³-hybridized carbons (Fsp3) is 0.609. The van der Waals surface area contributed by atoms with Crippen LogP contribution < -0.4 is 9.80 Å². The molecule has 1 fully saturated rings. The Kier molecular flexibility index (Phi) is 8.37. The van der Waals surface area contributed by atoms with Crippen LogP contribution in [0, 0.1) is 5.21 Å². The predicted molar refractivity (Wildman–Crippen MR) is 134 cm³/mol. The molecule has 36 heavy (non-hydrogen) atoms. The van der Waals surface area contributed by atoms with Gasteiger partial charge in [-0.05, 0) is 26.0 Å². The van der Waals surface area contributed by atoms with Crippen molar-refractivity contribution in [1.29, 1.82) is 0 Å². The van der Waals surface area contributed by atoms with E-state index in [0.717, 1.165) is 12.2 Å². The zero-order valence-electron chi connectivity index (χ0n) is 21.4. The van der Waals surface area contributed by atoms with Crippen LogP contribution in [-0.2, 0) is 34.3 Å². The highest BCUT2D eigenvalue weighted by Crippen LogP contribution is 2.30. The predicted octanol–water partition coefficient (Wildman–Crippen LogP) is 0.186. The van der Waals surface area contributed by atoms with Gasteiger partial charge in [0, 0.05) is 33.3 Å². The van der Waals surface area contributed by atoms with Gasteiger partial charge in [-0.3, -0.25) is 4.68 Å². The quantitative estimate of drug-likeness (QED) is 0.439. The number of pyridine rings is 1. The summed E-state index contributed by atoms with van der Waals surface area (Å²) in [5.74, 6) is 0.333. The molecule has 1 atom stereocenters. The van der Waals surface area contributed by atoms with Crippen LogP contribution in [0.15, 0.2) is 22.2 Å². The van der Waals surface area contributed by atoms with Crippen molar-refractivity contribution in [2.75, 3.05) is 53.0 Å². The minimum atomic E-state index is -3.79. The fourth-order valence-electron chi connectivity index (χ4n) is 4.55. The average Bonchev–Trinajstić information content (AvgIpc) is 3.23. The molecule has 2 aromatic heterocycles. The average molecular weight is 522 g/mol. The zero-order valence-corrected chi connectivity index (χ0v) is 22.2. The first kappa shape index (κ1) is 26.6. The number of fused-ring (bicyclic) bond motifs is 1. The van der Waals surface area contributed by atoms with Gasteiger partial charge in [-0.2, -0.15) is 14.4 Å². The molecule has 0 saturated carbocycles. The lowest BCUT2D eigenvalue weighted by molar-refractivity contribution is -0.764. The van der Waals surface area contributed by atoms with Gasteiger partial charge in [0.25, 0.3) is 0 Å². The molecule has 2 aromatic rings. The Morgan fingerprint density at radius 3 is 2.56 bits per heavy atom. The highest BCUT2D eigenvalue weighted by atomic mass is 32.2. The van der Waals surface area contributed by atoms with E-state index < -0.39 is 10.0 Å². The van der Waals surface area contributed by atoms with Crippen molar-refractivity contribution >= 4 is 21.5 Å². The lowest BCUT2D eigenvalue weighted by Gasteiger charge is -2.33. The molecule has 0 bridgehead atoms. The summed E-state index contributed by atoms with van der Waals surface area (Å²) >= 11 is 0. The summed E-state index contributed by atoms with van der Waals surface area (Å²) in [6.07, 6.45) is 1.97. The summed E-state index contributed by atoms with van der Waals surface area (Å²) in [5.41, 5.74) is 2.44. The molecule has 198 valence electrons. The second-order valence-corrected chi connectivity index (χ2v) is 10.6. The van der Waals surface area contributed by atoms with Gasteiger partial charge in [-0.1, -0.05) is 13.8 Å². The maximum atomic E-state index is 13.4. The maximum absolute atomic E-state index is 13.4. The van der Waals surface area contributed by atoms with E-state index in [0.29, 0.717) is 63.7 Å². The van der Waals surface area contributed by atoms with Gasteiger partial charge in [0.1, 0.15) is 28.4 Å². The van der Waals surface area contributed by atoms with Crippen molar-refractivity contribution in [2.24, 2.45) is 4.99 Å². The van der Waals surface area contributed by atoms with Crippen LogP contribution in [-0.4, -0.2) is 91.3 Å². The topological polar surface area (TPSA) is 130 Å². The lowest BCUT2D eigenvalue weighted by atomic mass is 10.1. The number of hydrogen-bond donors (Lipinski definition) is 1. The van der Waals surface area contributed by atoms with E-state index >= 15 is 0 Å².